The molecule has 2 amide bonds. The van der Waals surface area contributed by atoms with Gasteiger partial charge in [0.1, 0.15) is 5.75 Å². The molecule has 0 aliphatic rings. The monoisotopic (exact) mass is 304 g/mol. The summed E-state index contributed by atoms with van der Waals surface area (Å²) in [4.78, 5) is 11.8. The van der Waals surface area contributed by atoms with E-state index in [1.54, 1.807) is 18.2 Å². The Kier molecular flexibility index (Phi) is 5.06. The van der Waals surface area contributed by atoms with Gasteiger partial charge in [-0.3, -0.25) is 0 Å². The maximum Gasteiger partial charge on any atom is 0.321 e. The zero-order valence-electron chi connectivity index (χ0n) is 11.9. The Balaban J connectivity index is 1.82. The van der Waals surface area contributed by atoms with Crippen LogP contribution in [-0.2, 0) is 0 Å². The minimum atomic E-state index is -0.340. The van der Waals surface area contributed by atoms with E-state index in [1.165, 1.54) is 0 Å². The number of benzene rings is 2. The van der Waals surface area contributed by atoms with Gasteiger partial charge in [0.25, 0.3) is 0 Å². The molecule has 0 aliphatic heterocycles. The molecule has 110 valence electrons. The van der Waals surface area contributed by atoms with Crippen molar-refractivity contribution < 1.29 is 9.53 Å². The molecule has 21 heavy (non-hydrogen) atoms. The van der Waals surface area contributed by atoms with Crippen molar-refractivity contribution in [2.75, 3.05) is 12.0 Å². The Labute approximate surface area is 129 Å². The van der Waals surface area contributed by atoms with Gasteiger partial charge in [0.05, 0.1) is 0 Å². The lowest BCUT2D eigenvalue weighted by Gasteiger charge is -2.11. The Morgan fingerprint density at radius 2 is 1.86 bits per heavy atom. The Bertz CT molecular complexity index is 627. The zero-order valence-corrected chi connectivity index (χ0v) is 12.7. The number of carbonyl (C=O) groups excluding carboxylic acids is 1. The summed E-state index contributed by atoms with van der Waals surface area (Å²) < 4.78 is 5.43. The molecule has 0 heterocycles. The summed E-state index contributed by atoms with van der Waals surface area (Å²) in [6, 6.07) is 12.6. The molecule has 2 N–H and O–H groups in total. The molecule has 0 aromatic heterocycles. The number of hydrogen-bond donors (Lipinski definition) is 2. The normalized spacial score (nSPS) is 10.0. The number of anilines is 1. The van der Waals surface area contributed by atoms with Crippen molar-refractivity contribution in [2.45, 2.75) is 13.8 Å². The first-order valence-corrected chi connectivity index (χ1v) is 6.93. The fraction of sp³-hybridized carbons (Fsp3) is 0.188. The minimum Gasteiger partial charge on any atom is -0.473 e. The van der Waals surface area contributed by atoms with Crippen LogP contribution in [0.3, 0.4) is 0 Å². The zero-order chi connectivity index (χ0) is 15.2. The van der Waals surface area contributed by atoms with Gasteiger partial charge in [0.15, 0.2) is 6.73 Å². The van der Waals surface area contributed by atoms with Gasteiger partial charge in [-0.15, -0.1) is 0 Å². The number of hydrogen-bond acceptors (Lipinski definition) is 2. The topological polar surface area (TPSA) is 50.4 Å². The second-order valence-corrected chi connectivity index (χ2v) is 5.05. The summed E-state index contributed by atoms with van der Waals surface area (Å²) in [5.74, 6) is 0.708. The average Bonchev–Trinajstić information content (AvgIpc) is 2.46. The summed E-state index contributed by atoms with van der Waals surface area (Å²) in [7, 11) is 0. The maximum atomic E-state index is 11.8. The molecule has 0 spiro atoms. The molecule has 0 saturated carbocycles. The van der Waals surface area contributed by atoms with Crippen LogP contribution in [0.15, 0.2) is 42.5 Å². The molecule has 0 unspecified atom stereocenters. The van der Waals surface area contributed by atoms with Gasteiger partial charge < -0.3 is 15.4 Å². The first-order valence-electron chi connectivity index (χ1n) is 6.55. The molecular formula is C16H17ClN2O2. The van der Waals surface area contributed by atoms with Crippen molar-refractivity contribution in [3.8, 4) is 5.75 Å². The van der Waals surface area contributed by atoms with Crippen LogP contribution in [0.4, 0.5) is 10.5 Å². The quantitative estimate of drug-likeness (QED) is 0.835. The molecule has 0 atom stereocenters. The van der Waals surface area contributed by atoms with Crippen LogP contribution in [0.1, 0.15) is 11.1 Å². The third-order valence-corrected chi connectivity index (χ3v) is 3.42. The summed E-state index contributed by atoms with van der Waals surface area (Å²) in [5, 5.41) is 5.97. The SMILES string of the molecule is Cc1ccc(OCNC(=O)Nc2cccc(Cl)c2C)cc1. The number of nitrogens with one attached hydrogen (secondary N) is 2. The largest absolute Gasteiger partial charge is 0.473 e. The maximum absolute atomic E-state index is 11.8. The molecule has 0 bridgehead atoms. The molecular weight excluding hydrogens is 288 g/mol. The van der Waals surface area contributed by atoms with Crippen molar-refractivity contribution in [1.29, 1.82) is 0 Å². The molecule has 0 radical (unpaired) electrons. The highest BCUT2D eigenvalue weighted by Crippen LogP contribution is 2.22. The Hall–Kier alpha value is -2.20. The highest BCUT2D eigenvalue weighted by molar-refractivity contribution is 6.31. The summed E-state index contributed by atoms with van der Waals surface area (Å²) in [6.45, 7) is 3.94. The third-order valence-electron chi connectivity index (χ3n) is 3.01. The highest BCUT2D eigenvalue weighted by atomic mass is 35.5. The van der Waals surface area contributed by atoms with E-state index < -0.39 is 0 Å². The Morgan fingerprint density at radius 1 is 1.14 bits per heavy atom. The first-order chi connectivity index (χ1) is 10.1. The van der Waals surface area contributed by atoms with E-state index in [9.17, 15) is 4.79 Å². The van der Waals surface area contributed by atoms with Gasteiger partial charge in [-0.05, 0) is 43.7 Å². The van der Waals surface area contributed by atoms with E-state index in [0.29, 0.717) is 16.5 Å². The van der Waals surface area contributed by atoms with Gasteiger partial charge in [-0.1, -0.05) is 35.4 Å². The molecule has 2 rings (SSSR count). The van der Waals surface area contributed by atoms with Crippen LogP contribution in [0.2, 0.25) is 5.02 Å². The van der Waals surface area contributed by atoms with Crippen molar-refractivity contribution in [3.05, 3.63) is 58.6 Å². The van der Waals surface area contributed by atoms with Crippen LogP contribution in [0.5, 0.6) is 5.75 Å². The van der Waals surface area contributed by atoms with Crippen molar-refractivity contribution in [3.63, 3.8) is 0 Å². The van der Waals surface area contributed by atoms with Crippen molar-refractivity contribution >= 4 is 23.3 Å². The van der Waals surface area contributed by atoms with Crippen LogP contribution >= 0.6 is 11.6 Å². The molecule has 5 heteroatoms. The molecule has 2 aromatic rings. The number of carbonyl (C=O) groups is 1. The number of aryl methyl sites for hydroxylation is 1. The van der Waals surface area contributed by atoms with Crippen LogP contribution in [0.25, 0.3) is 0 Å². The van der Waals surface area contributed by atoms with Crippen molar-refractivity contribution in [1.82, 2.24) is 5.32 Å². The van der Waals surface area contributed by atoms with Gasteiger partial charge >= 0.3 is 6.03 Å². The lowest BCUT2D eigenvalue weighted by atomic mass is 10.2. The van der Waals surface area contributed by atoms with Gasteiger partial charge in [-0.2, -0.15) is 0 Å². The first kappa shape index (κ1) is 15.2. The van der Waals surface area contributed by atoms with E-state index in [2.05, 4.69) is 10.6 Å². The number of ether oxygens (including phenoxy) is 1. The van der Waals surface area contributed by atoms with E-state index in [1.807, 2.05) is 38.1 Å². The fourth-order valence-electron chi connectivity index (χ4n) is 1.73. The predicted octanol–water partition coefficient (Wildman–Crippen LogP) is 4.11. The van der Waals surface area contributed by atoms with Gasteiger partial charge in [-0.25, -0.2) is 4.79 Å². The standard InChI is InChI=1S/C16H17ClN2O2/c1-11-6-8-13(9-7-11)21-10-18-16(20)19-15-5-3-4-14(17)12(15)2/h3-9H,10H2,1-2H3,(H2,18,19,20). The number of urea groups is 1. The lowest BCUT2D eigenvalue weighted by molar-refractivity contribution is 0.234. The van der Waals surface area contributed by atoms with Crippen LogP contribution in [-0.4, -0.2) is 12.8 Å². The Morgan fingerprint density at radius 3 is 2.57 bits per heavy atom. The van der Waals surface area contributed by atoms with E-state index >= 15 is 0 Å². The van der Waals surface area contributed by atoms with Crippen LogP contribution in [0, 0.1) is 13.8 Å². The second-order valence-electron chi connectivity index (χ2n) is 4.65. The number of halogens is 1. The van der Waals surface area contributed by atoms with E-state index in [4.69, 9.17) is 16.3 Å². The van der Waals surface area contributed by atoms with Crippen molar-refractivity contribution in [2.24, 2.45) is 0 Å². The third kappa shape index (κ3) is 4.39. The van der Waals surface area contributed by atoms with Gasteiger partial charge in [0.2, 0.25) is 0 Å². The predicted molar refractivity (Wildman–Crippen MR) is 85.0 cm³/mol. The average molecular weight is 305 g/mol. The lowest BCUT2D eigenvalue weighted by Crippen LogP contribution is -2.32. The summed E-state index contributed by atoms with van der Waals surface area (Å²) in [5.41, 5.74) is 2.66. The smallest absolute Gasteiger partial charge is 0.321 e. The second kappa shape index (κ2) is 6.99. The van der Waals surface area contributed by atoms with E-state index in [-0.39, 0.29) is 12.8 Å². The molecule has 2 aromatic carbocycles. The van der Waals surface area contributed by atoms with Gasteiger partial charge in [0, 0.05) is 10.7 Å². The number of rotatable bonds is 4. The fourth-order valence-corrected chi connectivity index (χ4v) is 1.90. The molecule has 0 aliphatic carbocycles. The molecule has 0 saturated heterocycles. The highest BCUT2D eigenvalue weighted by Gasteiger charge is 2.06. The summed E-state index contributed by atoms with van der Waals surface area (Å²) in [6.07, 6.45) is 0. The minimum absolute atomic E-state index is 0.0918. The molecule has 0 fully saturated rings. The molecule has 4 nitrogen and oxygen atoms in total. The van der Waals surface area contributed by atoms with Crippen LogP contribution < -0.4 is 15.4 Å². The number of amides is 2. The van der Waals surface area contributed by atoms with E-state index in [0.717, 1.165) is 11.1 Å². The summed E-state index contributed by atoms with van der Waals surface area (Å²) >= 11 is 6.00.